The number of halogens is 3. The highest BCUT2D eigenvalue weighted by atomic mass is 19.4. The molecule has 38 heavy (non-hydrogen) atoms. The van der Waals surface area contributed by atoms with E-state index >= 15 is 0 Å². The maximum atomic E-state index is 13.2. The van der Waals surface area contributed by atoms with E-state index in [1.165, 1.54) is 12.3 Å². The predicted octanol–water partition coefficient (Wildman–Crippen LogP) is 3.90. The van der Waals surface area contributed by atoms with Crippen LogP contribution in [0.2, 0.25) is 0 Å². The SMILES string of the molecule is CC(C)C(C)NCc1cc(C(=O)Nc2cccc([C@]3(C4=[N+]=CN4C)C[C@@H](C)C3)c2)c(=O)n(CC(F)(F)F)c1. The van der Waals surface area contributed by atoms with Gasteiger partial charge in [0.15, 0.2) is 0 Å². The van der Waals surface area contributed by atoms with Gasteiger partial charge < -0.3 is 15.2 Å². The zero-order valence-corrected chi connectivity index (χ0v) is 22.4. The van der Waals surface area contributed by atoms with Gasteiger partial charge in [-0.3, -0.25) is 9.59 Å². The van der Waals surface area contributed by atoms with Crippen molar-refractivity contribution >= 4 is 23.8 Å². The number of alkyl halides is 3. The number of hydrogen-bond acceptors (Lipinski definition) is 4. The van der Waals surface area contributed by atoms with E-state index in [2.05, 4.69) is 22.2 Å². The molecule has 1 unspecified atom stereocenters. The van der Waals surface area contributed by atoms with E-state index < -0.39 is 24.2 Å². The first-order valence-corrected chi connectivity index (χ1v) is 12.9. The van der Waals surface area contributed by atoms with Crippen molar-refractivity contribution in [1.82, 2.24) is 19.5 Å². The third kappa shape index (κ3) is 5.71. The average Bonchev–Trinajstić information content (AvgIpc) is 2.81. The first-order valence-electron chi connectivity index (χ1n) is 12.9. The Hall–Kier alpha value is -3.36. The van der Waals surface area contributed by atoms with Crippen LogP contribution >= 0.6 is 0 Å². The number of aromatic nitrogens is 1. The third-order valence-corrected chi connectivity index (χ3v) is 7.55. The Morgan fingerprint density at radius 1 is 1.21 bits per heavy atom. The van der Waals surface area contributed by atoms with E-state index in [9.17, 15) is 22.8 Å². The molecule has 10 heteroatoms. The van der Waals surface area contributed by atoms with Crippen LogP contribution < -0.4 is 20.9 Å². The van der Waals surface area contributed by atoms with Crippen LogP contribution in [0.15, 0.2) is 41.3 Å². The second-order valence-electron chi connectivity index (χ2n) is 11.0. The maximum absolute atomic E-state index is 13.2. The third-order valence-electron chi connectivity index (χ3n) is 7.55. The fourth-order valence-corrected chi connectivity index (χ4v) is 5.24. The Kier molecular flexibility index (Phi) is 7.59. The molecule has 0 radical (unpaired) electrons. The van der Waals surface area contributed by atoms with Crippen molar-refractivity contribution < 1.29 is 18.0 Å². The molecule has 2 heterocycles. The molecule has 204 valence electrons. The Labute approximate surface area is 220 Å². The van der Waals surface area contributed by atoms with E-state index in [1.54, 1.807) is 12.4 Å². The van der Waals surface area contributed by atoms with Gasteiger partial charge in [0.25, 0.3) is 17.8 Å². The fourth-order valence-electron chi connectivity index (χ4n) is 5.24. The maximum Gasteiger partial charge on any atom is 0.406 e. The molecule has 4 rings (SSSR count). The van der Waals surface area contributed by atoms with E-state index in [4.69, 9.17) is 0 Å². The number of pyridine rings is 1. The van der Waals surface area contributed by atoms with E-state index in [0.29, 0.717) is 27.7 Å². The van der Waals surface area contributed by atoms with Gasteiger partial charge in [0.1, 0.15) is 12.1 Å². The minimum absolute atomic E-state index is 0.0940. The molecule has 0 saturated heterocycles. The lowest BCUT2D eigenvalue weighted by Crippen LogP contribution is -2.57. The lowest BCUT2D eigenvalue weighted by atomic mass is 9.58. The van der Waals surface area contributed by atoms with Gasteiger partial charge in [-0.15, -0.1) is 0 Å². The summed E-state index contributed by atoms with van der Waals surface area (Å²) in [5.74, 6) is 1.07. The number of carbonyl (C=O) groups excluding carboxylic acids is 1. The minimum Gasteiger partial charge on any atom is -0.322 e. The van der Waals surface area contributed by atoms with E-state index in [1.807, 2.05) is 50.9 Å². The standard InChI is InChI=1S/C28H34F3N5O2/c1-17(2)19(4)32-13-20-9-23(25(38)36(14-20)15-28(29,30)31)24(37)34-22-8-6-7-21(10-22)27(11-18(3)12-27)26-33-16-35(26)5/h6-10,14,16-19,32H,11-13,15H2,1-5H3/p+1/t18-,19?,27+. The second kappa shape index (κ2) is 10.4. The van der Waals surface area contributed by atoms with Crippen molar-refractivity contribution in [3.63, 3.8) is 0 Å². The van der Waals surface area contributed by atoms with Gasteiger partial charge in [-0.25, -0.2) is 9.57 Å². The van der Waals surface area contributed by atoms with Crippen LogP contribution in [0, 0.1) is 11.8 Å². The number of hydrogen-bond donors (Lipinski definition) is 2. The Morgan fingerprint density at radius 3 is 2.47 bits per heavy atom. The van der Waals surface area contributed by atoms with Gasteiger partial charge in [-0.2, -0.15) is 13.2 Å². The molecule has 1 atom stereocenters. The number of benzene rings is 1. The molecule has 1 saturated carbocycles. The normalized spacial score (nSPS) is 21.6. The largest absolute Gasteiger partial charge is 0.406 e. The molecule has 0 spiro atoms. The number of anilines is 1. The van der Waals surface area contributed by atoms with Crippen molar-refractivity contribution in [3.05, 3.63) is 63.6 Å². The topological polar surface area (TPSA) is 80.5 Å². The van der Waals surface area contributed by atoms with Crippen LogP contribution in [0.5, 0.6) is 0 Å². The average molecular weight is 531 g/mol. The van der Waals surface area contributed by atoms with Crippen LogP contribution in [-0.2, 0) is 18.5 Å². The van der Waals surface area contributed by atoms with Crippen LogP contribution in [0.25, 0.3) is 0 Å². The van der Waals surface area contributed by atoms with Gasteiger partial charge in [0, 0.05) is 24.5 Å². The first kappa shape index (κ1) is 27.7. The summed E-state index contributed by atoms with van der Waals surface area (Å²) in [7, 11) is 1.95. The number of likely N-dealkylation sites (N-methyl/N-ethyl adjacent to an activating group) is 1. The monoisotopic (exact) mass is 530 g/mol. The number of nitrogens with zero attached hydrogens (tertiary/aromatic N) is 3. The molecule has 2 aromatic rings. The Balaban J connectivity index is 1.62. The lowest BCUT2D eigenvalue weighted by molar-refractivity contribution is -0.141. The van der Waals surface area contributed by atoms with Crippen molar-refractivity contribution in [1.29, 1.82) is 0 Å². The molecule has 2 aliphatic rings. The van der Waals surface area contributed by atoms with Gasteiger partial charge in [-0.1, -0.05) is 32.9 Å². The molecule has 1 aliphatic heterocycles. The molecule has 1 fully saturated rings. The summed E-state index contributed by atoms with van der Waals surface area (Å²) in [6.45, 7) is 6.96. The molecule has 7 nitrogen and oxygen atoms in total. The number of nitrogens with one attached hydrogen (secondary N) is 2. The Bertz CT molecular complexity index is 1330. The van der Waals surface area contributed by atoms with Crippen molar-refractivity contribution in [2.75, 3.05) is 12.4 Å². The summed E-state index contributed by atoms with van der Waals surface area (Å²) in [5, 5.41) is 5.99. The molecular formula is C28H35F3N5O2+. The first-order chi connectivity index (χ1) is 17.8. The smallest absolute Gasteiger partial charge is 0.322 e. The Morgan fingerprint density at radius 2 is 1.92 bits per heavy atom. The summed E-state index contributed by atoms with van der Waals surface area (Å²) < 4.78 is 44.7. The zero-order valence-electron chi connectivity index (χ0n) is 22.4. The summed E-state index contributed by atoms with van der Waals surface area (Å²) in [6, 6.07) is 8.86. The van der Waals surface area contributed by atoms with Gasteiger partial charge in [0.2, 0.25) is 0 Å². The summed E-state index contributed by atoms with van der Waals surface area (Å²) in [5.41, 5.74) is 0.327. The molecule has 1 amide bonds. The quantitative estimate of drug-likeness (QED) is 0.482. The fraction of sp³-hybridized carbons (Fsp3) is 0.500. The van der Waals surface area contributed by atoms with Crippen LogP contribution in [0.1, 0.15) is 62.0 Å². The van der Waals surface area contributed by atoms with Crippen LogP contribution in [-0.4, -0.2) is 46.8 Å². The second-order valence-corrected chi connectivity index (χ2v) is 11.0. The minimum atomic E-state index is -4.60. The van der Waals surface area contributed by atoms with Crippen LogP contribution in [0.4, 0.5) is 18.9 Å². The molecule has 1 aliphatic carbocycles. The summed E-state index contributed by atoms with van der Waals surface area (Å²) >= 11 is 0. The van der Waals surface area contributed by atoms with Crippen molar-refractivity contribution in [2.24, 2.45) is 11.8 Å². The zero-order chi connectivity index (χ0) is 27.8. The van der Waals surface area contributed by atoms with Gasteiger partial charge >= 0.3 is 12.0 Å². The molecular weight excluding hydrogens is 495 g/mol. The summed E-state index contributed by atoms with van der Waals surface area (Å²) in [4.78, 5) is 28.2. The van der Waals surface area contributed by atoms with E-state index in [0.717, 1.165) is 24.2 Å². The lowest BCUT2D eigenvalue weighted by Gasteiger charge is -2.46. The van der Waals surface area contributed by atoms with Gasteiger partial charge in [0.05, 0.1) is 12.5 Å². The molecule has 1 aromatic heterocycles. The highest BCUT2D eigenvalue weighted by molar-refractivity contribution is 6.07. The predicted molar refractivity (Wildman–Crippen MR) is 143 cm³/mol. The number of amidine groups is 1. The van der Waals surface area contributed by atoms with E-state index in [-0.39, 0.29) is 23.6 Å². The van der Waals surface area contributed by atoms with Crippen molar-refractivity contribution in [2.45, 2.75) is 71.3 Å². The molecule has 0 bridgehead atoms. The number of amides is 1. The molecule has 2 N–H and O–H groups in total. The highest BCUT2D eigenvalue weighted by Crippen LogP contribution is 2.49. The number of rotatable bonds is 9. The highest BCUT2D eigenvalue weighted by Gasteiger charge is 2.54. The van der Waals surface area contributed by atoms with Gasteiger partial charge in [-0.05, 0) is 60.9 Å². The molecule has 1 aromatic carbocycles. The number of carbonyl (C=O) groups is 1. The van der Waals surface area contributed by atoms with Crippen LogP contribution in [0.3, 0.4) is 0 Å². The summed E-state index contributed by atoms with van der Waals surface area (Å²) in [6.07, 6.45) is 0.177. The van der Waals surface area contributed by atoms with Crippen molar-refractivity contribution in [3.8, 4) is 0 Å².